The first kappa shape index (κ1) is 12.6. The lowest BCUT2D eigenvalue weighted by molar-refractivity contribution is 0.438. The second kappa shape index (κ2) is 4.94. The normalized spacial score (nSPS) is 16.9. The van der Waals surface area contributed by atoms with Gasteiger partial charge in [-0.3, -0.25) is 0 Å². The van der Waals surface area contributed by atoms with Crippen LogP contribution >= 0.6 is 0 Å². The lowest BCUT2D eigenvalue weighted by Gasteiger charge is -2.15. The molecule has 4 heteroatoms. The molecule has 19 heavy (non-hydrogen) atoms. The molecule has 1 saturated carbocycles. The van der Waals surface area contributed by atoms with E-state index in [-0.39, 0.29) is 0 Å². The van der Waals surface area contributed by atoms with Crippen LogP contribution in [0.15, 0.2) is 24.5 Å². The summed E-state index contributed by atoms with van der Waals surface area (Å²) < 4.78 is 2.05. The number of aryl methyl sites for hydroxylation is 1. The Morgan fingerprint density at radius 2 is 2.16 bits per heavy atom. The molecular weight excluding hydrogens is 236 g/mol. The number of rotatable bonds is 6. The Labute approximate surface area is 114 Å². The molecule has 3 rings (SSSR count). The number of nitrogens with one attached hydrogen (secondary N) is 2. The third-order valence-corrected chi connectivity index (χ3v) is 4.13. The van der Waals surface area contributed by atoms with Crippen LogP contribution in [-0.2, 0) is 13.6 Å². The van der Waals surface area contributed by atoms with Gasteiger partial charge in [-0.05, 0) is 43.0 Å². The molecule has 0 unspecified atom stereocenters. The van der Waals surface area contributed by atoms with E-state index < -0.39 is 0 Å². The summed E-state index contributed by atoms with van der Waals surface area (Å²) in [5, 5.41) is 6.88. The highest BCUT2D eigenvalue weighted by Crippen LogP contribution is 2.44. The molecule has 4 nitrogen and oxygen atoms in total. The van der Waals surface area contributed by atoms with Crippen LogP contribution in [0.5, 0.6) is 0 Å². The molecular formula is C15H22N4. The number of hydrogen-bond donors (Lipinski definition) is 2. The van der Waals surface area contributed by atoms with Crippen LogP contribution < -0.4 is 10.6 Å². The van der Waals surface area contributed by atoms with Crippen LogP contribution in [0.25, 0.3) is 11.0 Å². The van der Waals surface area contributed by atoms with Gasteiger partial charge in [0.25, 0.3) is 0 Å². The van der Waals surface area contributed by atoms with Crippen molar-refractivity contribution in [3.8, 4) is 0 Å². The molecule has 0 saturated heterocycles. The fourth-order valence-electron chi connectivity index (χ4n) is 2.73. The fraction of sp³-hybridized carbons (Fsp3) is 0.533. The topological polar surface area (TPSA) is 41.9 Å². The number of fused-ring (bicyclic) bond motifs is 1. The van der Waals surface area contributed by atoms with Crippen LogP contribution in [-0.4, -0.2) is 29.7 Å². The van der Waals surface area contributed by atoms with Gasteiger partial charge < -0.3 is 15.2 Å². The summed E-state index contributed by atoms with van der Waals surface area (Å²) in [7, 11) is 4.07. The first-order chi connectivity index (χ1) is 9.22. The van der Waals surface area contributed by atoms with E-state index in [1.165, 1.54) is 23.9 Å². The molecule has 2 N–H and O–H groups in total. The smallest absolute Gasteiger partial charge is 0.0955 e. The molecule has 1 aliphatic carbocycles. The Bertz CT molecular complexity index is 569. The average molecular weight is 258 g/mol. The molecule has 2 aromatic rings. The van der Waals surface area contributed by atoms with Gasteiger partial charge >= 0.3 is 0 Å². The van der Waals surface area contributed by atoms with Crippen molar-refractivity contribution in [2.45, 2.75) is 19.4 Å². The van der Waals surface area contributed by atoms with Gasteiger partial charge in [0.05, 0.1) is 17.4 Å². The van der Waals surface area contributed by atoms with E-state index in [1.54, 1.807) is 0 Å². The van der Waals surface area contributed by atoms with Crippen molar-refractivity contribution in [2.75, 3.05) is 20.1 Å². The minimum absolute atomic E-state index is 0.518. The predicted octanol–water partition coefficient (Wildman–Crippen LogP) is 1.66. The third kappa shape index (κ3) is 2.65. The van der Waals surface area contributed by atoms with Gasteiger partial charge in [-0.15, -0.1) is 0 Å². The molecule has 102 valence electrons. The van der Waals surface area contributed by atoms with Gasteiger partial charge in [0.15, 0.2) is 0 Å². The number of imidazole rings is 1. The summed E-state index contributed by atoms with van der Waals surface area (Å²) in [6.07, 6.45) is 4.56. The monoisotopic (exact) mass is 258 g/mol. The highest BCUT2D eigenvalue weighted by molar-refractivity contribution is 5.75. The Kier molecular flexibility index (Phi) is 3.29. The maximum Gasteiger partial charge on any atom is 0.0955 e. The molecule has 1 aromatic carbocycles. The minimum Gasteiger partial charge on any atom is -0.334 e. The zero-order valence-electron chi connectivity index (χ0n) is 11.7. The maximum absolute atomic E-state index is 4.40. The van der Waals surface area contributed by atoms with Crippen molar-refractivity contribution in [3.63, 3.8) is 0 Å². The number of benzene rings is 1. The van der Waals surface area contributed by atoms with E-state index in [2.05, 4.69) is 38.4 Å². The fourth-order valence-corrected chi connectivity index (χ4v) is 2.73. The van der Waals surface area contributed by atoms with E-state index in [0.717, 1.165) is 25.2 Å². The molecule has 0 aliphatic heterocycles. The Hall–Kier alpha value is -1.39. The Morgan fingerprint density at radius 1 is 1.32 bits per heavy atom. The molecule has 0 radical (unpaired) electrons. The largest absolute Gasteiger partial charge is 0.334 e. The Morgan fingerprint density at radius 3 is 2.89 bits per heavy atom. The van der Waals surface area contributed by atoms with Crippen molar-refractivity contribution >= 4 is 11.0 Å². The summed E-state index contributed by atoms with van der Waals surface area (Å²) in [5.41, 5.74) is 4.10. The standard InChI is InChI=1S/C15H22N4/c1-16-9-15(5-6-15)10-17-8-12-3-4-14-13(7-12)18-11-19(14)2/h3-4,7,11,16-17H,5-6,8-10H2,1-2H3. The first-order valence-corrected chi connectivity index (χ1v) is 6.98. The van der Waals surface area contributed by atoms with Gasteiger partial charge in [-0.2, -0.15) is 0 Å². The average Bonchev–Trinajstić information content (AvgIpc) is 3.07. The zero-order chi connectivity index (χ0) is 13.3. The number of aromatic nitrogens is 2. The molecule has 1 fully saturated rings. The lowest BCUT2D eigenvalue weighted by Crippen LogP contribution is -2.31. The van der Waals surface area contributed by atoms with Crippen molar-refractivity contribution in [3.05, 3.63) is 30.1 Å². The second-order valence-corrected chi connectivity index (χ2v) is 5.81. The van der Waals surface area contributed by atoms with Crippen LogP contribution in [0.1, 0.15) is 18.4 Å². The van der Waals surface area contributed by atoms with E-state index in [9.17, 15) is 0 Å². The van der Waals surface area contributed by atoms with Crippen molar-refractivity contribution in [1.82, 2.24) is 20.2 Å². The van der Waals surface area contributed by atoms with Gasteiger partial charge in [-0.1, -0.05) is 6.07 Å². The second-order valence-electron chi connectivity index (χ2n) is 5.81. The van der Waals surface area contributed by atoms with Crippen molar-refractivity contribution in [1.29, 1.82) is 0 Å². The van der Waals surface area contributed by atoms with Crippen LogP contribution in [0.3, 0.4) is 0 Å². The third-order valence-electron chi connectivity index (χ3n) is 4.13. The van der Waals surface area contributed by atoms with E-state index in [0.29, 0.717) is 5.41 Å². The molecule has 0 amide bonds. The van der Waals surface area contributed by atoms with Gasteiger partial charge in [0, 0.05) is 26.7 Å². The van der Waals surface area contributed by atoms with E-state index >= 15 is 0 Å². The van der Waals surface area contributed by atoms with E-state index in [1.807, 2.05) is 20.4 Å². The number of hydrogen-bond acceptors (Lipinski definition) is 3. The number of nitrogens with zero attached hydrogens (tertiary/aromatic N) is 2. The van der Waals surface area contributed by atoms with Crippen molar-refractivity contribution in [2.24, 2.45) is 12.5 Å². The van der Waals surface area contributed by atoms with Gasteiger partial charge in [0.2, 0.25) is 0 Å². The van der Waals surface area contributed by atoms with Crippen LogP contribution in [0, 0.1) is 5.41 Å². The van der Waals surface area contributed by atoms with Crippen molar-refractivity contribution < 1.29 is 0 Å². The summed E-state index contributed by atoms with van der Waals surface area (Å²) >= 11 is 0. The molecule has 0 spiro atoms. The highest BCUT2D eigenvalue weighted by atomic mass is 15.0. The van der Waals surface area contributed by atoms with Gasteiger partial charge in [0.1, 0.15) is 0 Å². The van der Waals surface area contributed by atoms with E-state index in [4.69, 9.17) is 0 Å². The quantitative estimate of drug-likeness (QED) is 0.828. The van der Waals surface area contributed by atoms with Gasteiger partial charge in [-0.25, -0.2) is 4.98 Å². The Balaban J connectivity index is 1.59. The summed E-state index contributed by atoms with van der Waals surface area (Å²) in [4.78, 5) is 4.40. The maximum atomic E-state index is 4.40. The summed E-state index contributed by atoms with van der Waals surface area (Å²) in [6.45, 7) is 3.16. The first-order valence-electron chi connectivity index (χ1n) is 6.98. The predicted molar refractivity (Wildman–Crippen MR) is 78.0 cm³/mol. The lowest BCUT2D eigenvalue weighted by atomic mass is 10.1. The molecule has 1 aliphatic rings. The minimum atomic E-state index is 0.518. The molecule has 1 heterocycles. The molecule has 1 aromatic heterocycles. The molecule has 0 bridgehead atoms. The summed E-state index contributed by atoms with van der Waals surface area (Å²) in [6, 6.07) is 6.52. The van der Waals surface area contributed by atoms with Crippen LogP contribution in [0.2, 0.25) is 0 Å². The molecule has 0 atom stereocenters. The highest BCUT2D eigenvalue weighted by Gasteiger charge is 2.41. The van der Waals surface area contributed by atoms with Crippen LogP contribution in [0.4, 0.5) is 0 Å². The SMILES string of the molecule is CNCC1(CNCc2ccc3c(c2)ncn3C)CC1. The zero-order valence-corrected chi connectivity index (χ0v) is 11.7. The summed E-state index contributed by atoms with van der Waals surface area (Å²) in [5.74, 6) is 0.